The number of aliphatic hydroxyl groups is 1. The number of aryl methyl sites for hydroxylation is 2. The summed E-state index contributed by atoms with van der Waals surface area (Å²) in [6.45, 7) is 8.12. The largest absolute Gasteiger partial charge is 0.507 e. The first kappa shape index (κ1) is 26.7. The van der Waals surface area contributed by atoms with Gasteiger partial charge >= 0.3 is 0 Å². The molecule has 2 fully saturated rings. The van der Waals surface area contributed by atoms with Crippen LogP contribution in [0.3, 0.4) is 0 Å². The Bertz CT molecular complexity index is 1380. The number of aliphatic hydroxyl groups excluding tert-OH is 1. The number of benzene rings is 3. The zero-order chi connectivity index (χ0) is 27.4. The summed E-state index contributed by atoms with van der Waals surface area (Å²) < 4.78 is 11.5. The second-order valence-corrected chi connectivity index (χ2v) is 10.1. The molecule has 2 saturated heterocycles. The fraction of sp³-hybridized carbons (Fsp3) is 0.312. The Kier molecular flexibility index (Phi) is 8.10. The molecule has 0 radical (unpaired) electrons. The molecule has 2 heterocycles. The van der Waals surface area contributed by atoms with Crippen molar-refractivity contribution in [2.45, 2.75) is 26.3 Å². The number of ether oxygens (including phenoxy) is 2. The van der Waals surface area contributed by atoms with Crippen molar-refractivity contribution >= 4 is 17.4 Å². The van der Waals surface area contributed by atoms with Crippen molar-refractivity contribution in [3.63, 3.8) is 0 Å². The number of nitrogens with zero attached hydrogens (tertiary/aromatic N) is 2. The smallest absolute Gasteiger partial charge is 0.295 e. The van der Waals surface area contributed by atoms with E-state index in [1.807, 2.05) is 86.6 Å². The first-order chi connectivity index (χ1) is 18.9. The zero-order valence-corrected chi connectivity index (χ0v) is 22.4. The molecular weight excluding hydrogens is 492 g/mol. The van der Waals surface area contributed by atoms with Gasteiger partial charge in [0, 0.05) is 31.7 Å². The second-order valence-electron chi connectivity index (χ2n) is 10.1. The zero-order valence-electron chi connectivity index (χ0n) is 22.4. The summed E-state index contributed by atoms with van der Waals surface area (Å²) in [6, 6.07) is 21.8. The third-order valence-electron chi connectivity index (χ3n) is 7.32. The number of para-hydroxylation sites is 1. The fourth-order valence-corrected chi connectivity index (χ4v) is 5.26. The van der Waals surface area contributed by atoms with Gasteiger partial charge in [0.2, 0.25) is 0 Å². The van der Waals surface area contributed by atoms with Gasteiger partial charge in [-0.3, -0.25) is 14.5 Å². The summed E-state index contributed by atoms with van der Waals surface area (Å²) in [7, 11) is 0. The topological polar surface area (TPSA) is 79.3 Å². The number of carbonyl (C=O) groups excluding carboxylic acids is 2. The Labute approximate surface area is 229 Å². The minimum Gasteiger partial charge on any atom is -0.507 e. The van der Waals surface area contributed by atoms with Gasteiger partial charge in [-0.25, -0.2) is 0 Å². The Morgan fingerprint density at radius 2 is 1.67 bits per heavy atom. The van der Waals surface area contributed by atoms with Crippen LogP contribution in [-0.2, 0) is 14.3 Å². The second kappa shape index (κ2) is 11.8. The molecule has 39 heavy (non-hydrogen) atoms. The number of hydrogen-bond acceptors (Lipinski definition) is 6. The number of rotatable bonds is 8. The molecule has 1 atom stereocenters. The minimum absolute atomic E-state index is 0.108. The van der Waals surface area contributed by atoms with Crippen LogP contribution >= 0.6 is 0 Å². The number of amides is 1. The summed E-state index contributed by atoms with van der Waals surface area (Å²) in [4.78, 5) is 30.8. The average Bonchev–Trinajstić information content (AvgIpc) is 3.20. The van der Waals surface area contributed by atoms with E-state index in [1.165, 1.54) is 0 Å². The molecule has 7 nitrogen and oxygen atoms in total. The summed E-state index contributed by atoms with van der Waals surface area (Å²) >= 11 is 0. The molecule has 0 spiro atoms. The lowest BCUT2D eigenvalue weighted by atomic mass is 9.93. The molecule has 3 aromatic carbocycles. The third-order valence-corrected chi connectivity index (χ3v) is 7.32. The van der Waals surface area contributed by atoms with E-state index in [2.05, 4.69) is 4.90 Å². The van der Waals surface area contributed by atoms with Gasteiger partial charge in [-0.1, -0.05) is 48.0 Å². The van der Waals surface area contributed by atoms with E-state index < -0.39 is 17.7 Å². The van der Waals surface area contributed by atoms with Crippen LogP contribution < -0.4 is 4.74 Å². The lowest BCUT2D eigenvalue weighted by Gasteiger charge is -2.29. The van der Waals surface area contributed by atoms with Crippen LogP contribution in [0.15, 0.2) is 78.4 Å². The Morgan fingerprint density at radius 1 is 0.923 bits per heavy atom. The lowest BCUT2D eigenvalue weighted by Crippen LogP contribution is -2.38. The van der Waals surface area contributed by atoms with Crippen molar-refractivity contribution in [3.05, 3.63) is 101 Å². The molecule has 202 valence electrons. The fourth-order valence-electron chi connectivity index (χ4n) is 5.26. The summed E-state index contributed by atoms with van der Waals surface area (Å²) in [6.07, 6.45) is 0.702. The number of morpholine rings is 1. The maximum Gasteiger partial charge on any atom is 0.295 e. The van der Waals surface area contributed by atoms with Crippen LogP contribution in [0.1, 0.15) is 34.7 Å². The predicted octanol–water partition coefficient (Wildman–Crippen LogP) is 5.24. The summed E-state index contributed by atoms with van der Waals surface area (Å²) in [5, 5.41) is 11.5. The SMILES string of the molecule is Cc1ccc(C)c(C(O)=C2C(=O)C(=O)N(CCCN3CCOCC3)C2c2cccc(Oc3ccccc3)c2)c1. The molecule has 0 aromatic heterocycles. The van der Waals surface area contributed by atoms with Gasteiger partial charge in [0.25, 0.3) is 11.7 Å². The number of hydrogen-bond donors (Lipinski definition) is 1. The molecule has 1 amide bonds. The third kappa shape index (κ3) is 5.90. The maximum absolute atomic E-state index is 13.5. The summed E-state index contributed by atoms with van der Waals surface area (Å²) in [5.74, 6) is -0.138. The number of Topliss-reactive ketones (excluding diaryl/α,β-unsaturated/α-hetero) is 1. The van der Waals surface area contributed by atoms with Crippen LogP contribution in [0, 0.1) is 13.8 Å². The number of ketones is 1. The molecular formula is C32H34N2O5. The molecule has 0 bridgehead atoms. The van der Waals surface area contributed by atoms with E-state index in [4.69, 9.17) is 9.47 Å². The normalized spacial score (nSPS) is 19.4. The van der Waals surface area contributed by atoms with Gasteiger partial charge in [-0.2, -0.15) is 0 Å². The average molecular weight is 527 g/mol. The maximum atomic E-state index is 13.5. The van der Waals surface area contributed by atoms with Crippen LogP contribution in [0.5, 0.6) is 11.5 Å². The number of carbonyl (C=O) groups is 2. The highest BCUT2D eigenvalue weighted by Crippen LogP contribution is 2.41. The van der Waals surface area contributed by atoms with Gasteiger partial charge in [-0.05, 0) is 61.7 Å². The van der Waals surface area contributed by atoms with E-state index in [0.717, 1.165) is 30.8 Å². The van der Waals surface area contributed by atoms with Crippen LogP contribution in [0.25, 0.3) is 5.76 Å². The van der Waals surface area contributed by atoms with Crippen molar-refractivity contribution in [2.24, 2.45) is 0 Å². The standard InChI is InChI=1S/C32H34N2O5/c1-22-12-13-23(2)27(20-22)30(35)28-29(24-8-6-11-26(21-24)39-25-9-4-3-5-10-25)34(32(37)31(28)36)15-7-14-33-16-18-38-19-17-33/h3-6,8-13,20-21,29,35H,7,14-19H2,1-2H3. The molecule has 2 aliphatic heterocycles. The molecule has 0 aliphatic carbocycles. The molecule has 2 aliphatic rings. The molecule has 5 rings (SSSR count). The van der Waals surface area contributed by atoms with E-state index in [9.17, 15) is 14.7 Å². The van der Waals surface area contributed by atoms with Gasteiger partial charge < -0.3 is 19.5 Å². The molecule has 3 aromatic rings. The molecule has 0 saturated carbocycles. The molecule has 7 heteroatoms. The van der Waals surface area contributed by atoms with Gasteiger partial charge in [0.1, 0.15) is 17.3 Å². The Morgan fingerprint density at radius 3 is 2.44 bits per heavy atom. The van der Waals surface area contributed by atoms with E-state index >= 15 is 0 Å². The highest BCUT2D eigenvalue weighted by molar-refractivity contribution is 6.46. The highest BCUT2D eigenvalue weighted by Gasteiger charge is 2.46. The van der Waals surface area contributed by atoms with Crippen molar-refractivity contribution in [3.8, 4) is 11.5 Å². The summed E-state index contributed by atoms with van der Waals surface area (Å²) in [5.41, 5.74) is 3.16. The first-order valence-electron chi connectivity index (χ1n) is 13.4. The number of likely N-dealkylation sites (tertiary alicyclic amines) is 1. The van der Waals surface area contributed by atoms with Crippen molar-refractivity contribution < 1.29 is 24.2 Å². The Hall–Kier alpha value is -3.94. The van der Waals surface area contributed by atoms with E-state index in [0.29, 0.717) is 48.8 Å². The van der Waals surface area contributed by atoms with Crippen molar-refractivity contribution in [1.82, 2.24) is 9.80 Å². The first-order valence-corrected chi connectivity index (χ1v) is 13.4. The minimum atomic E-state index is -0.728. The molecule has 1 unspecified atom stereocenters. The van der Waals surface area contributed by atoms with Gasteiger partial charge in [0.05, 0.1) is 24.8 Å². The van der Waals surface area contributed by atoms with Crippen molar-refractivity contribution in [1.29, 1.82) is 0 Å². The predicted molar refractivity (Wildman–Crippen MR) is 150 cm³/mol. The van der Waals surface area contributed by atoms with Crippen LogP contribution in [0.4, 0.5) is 0 Å². The van der Waals surface area contributed by atoms with E-state index in [1.54, 1.807) is 4.90 Å². The van der Waals surface area contributed by atoms with Crippen molar-refractivity contribution in [2.75, 3.05) is 39.4 Å². The van der Waals surface area contributed by atoms with Crippen LogP contribution in [-0.4, -0.2) is 66.0 Å². The monoisotopic (exact) mass is 526 g/mol. The Balaban J connectivity index is 1.52. The highest BCUT2D eigenvalue weighted by atomic mass is 16.5. The van der Waals surface area contributed by atoms with E-state index in [-0.39, 0.29) is 11.3 Å². The lowest BCUT2D eigenvalue weighted by molar-refractivity contribution is -0.140. The van der Waals surface area contributed by atoms with Gasteiger partial charge in [-0.15, -0.1) is 0 Å². The quantitative estimate of drug-likeness (QED) is 0.246. The van der Waals surface area contributed by atoms with Gasteiger partial charge in [0.15, 0.2) is 0 Å². The molecule has 1 N–H and O–H groups in total. The van der Waals surface area contributed by atoms with Crippen LogP contribution in [0.2, 0.25) is 0 Å².